The first-order valence-corrected chi connectivity index (χ1v) is 18.9. The summed E-state index contributed by atoms with van der Waals surface area (Å²) >= 11 is 0. The minimum Gasteiger partial charge on any atom is -0.311 e. The van der Waals surface area contributed by atoms with Crippen molar-refractivity contribution >= 4 is 61.0 Å². The highest BCUT2D eigenvalue weighted by molar-refractivity contribution is 6.10. The SMILES string of the molecule is C/C=C\C(=C/C)N(c1ccc(-c2ccc(N(c3ccccc3)c3cccc4ccccc34)cc2)cc1)c1ccc2c(c1)c1ccccc1n2-c1ccccc1. The van der Waals surface area contributed by atoms with Crippen molar-refractivity contribution in [2.45, 2.75) is 13.8 Å². The molecule has 0 fully saturated rings. The Morgan fingerprint density at radius 1 is 0.455 bits per heavy atom. The molecule has 0 unspecified atom stereocenters. The van der Waals surface area contributed by atoms with Crippen LogP contribution in [0.3, 0.4) is 0 Å². The number of fused-ring (bicyclic) bond motifs is 4. The number of rotatable bonds is 9. The molecular formula is C52H41N3. The Kier molecular flexibility index (Phi) is 9.03. The van der Waals surface area contributed by atoms with Crippen LogP contribution in [-0.2, 0) is 0 Å². The lowest BCUT2D eigenvalue weighted by atomic mass is 10.0. The molecule has 0 aliphatic rings. The summed E-state index contributed by atoms with van der Waals surface area (Å²) in [5, 5.41) is 4.91. The standard InChI is InChI=1S/C52H41N3/c1-3-16-41(4-2)53(46-35-36-52-49(37-46)48-24-13-14-25-51(48)55(52)43-21-9-6-10-22-43)44-31-27-38(28-32-44)39-29-33-45(34-30-39)54(42-19-7-5-8-20-42)50-26-15-18-40-17-11-12-23-47(40)50/h3-37H,1-2H3/b16-3-,41-4+. The molecule has 0 radical (unpaired) electrons. The van der Waals surface area contributed by atoms with E-state index in [0.29, 0.717) is 0 Å². The van der Waals surface area contributed by atoms with Gasteiger partial charge in [0.1, 0.15) is 0 Å². The van der Waals surface area contributed by atoms with Gasteiger partial charge in [0, 0.05) is 50.3 Å². The van der Waals surface area contributed by atoms with Gasteiger partial charge in [0.2, 0.25) is 0 Å². The van der Waals surface area contributed by atoms with Crippen LogP contribution in [0.4, 0.5) is 28.4 Å². The smallest absolute Gasteiger partial charge is 0.0542 e. The van der Waals surface area contributed by atoms with E-state index in [9.17, 15) is 0 Å². The van der Waals surface area contributed by atoms with E-state index in [4.69, 9.17) is 0 Å². The van der Waals surface area contributed by atoms with Crippen molar-refractivity contribution in [3.63, 3.8) is 0 Å². The molecule has 0 aliphatic heterocycles. The molecule has 1 aromatic heterocycles. The van der Waals surface area contributed by atoms with Gasteiger partial charge in [0.25, 0.3) is 0 Å². The summed E-state index contributed by atoms with van der Waals surface area (Å²) in [5.74, 6) is 0. The highest BCUT2D eigenvalue weighted by Crippen LogP contribution is 2.41. The molecule has 0 saturated carbocycles. The molecule has 8 aromatic carbocycles. The summed E-state index contributed by atoms with van der Waals surface area (Å²) in [6.07, 6.45) is 6.46. The highest BCUT2D eigenvalue weighted by atomic mass is 15.2. The van der Waals surface area contributed by atoms with E-state index in [-0.39, 0.29) is 0 Å². The third-order valence-electron chi connectivity index (χ3n) is 10.4. The van der Waals surface area contributed by atoms with E-state index >= 15 is 0 Å². The maximum Gasteiger partial charge on any atom is 0.0542 e. The largest absolute Gasteiger partial charge is 0.311 e. The lowest BCUT2D eigenvalue weighted by Gasteiger charge is -2.27. The lowest BCUT2D eigenvalue weighted by molar-refractivity contribution is 1.17. The first-order chi connectivity index (χ1) is 27.2. The van der Waals surface area contributed by atoms with Crippen LogP contribution in [0.25, 0.3) is 49.4 Å². The molecule has 55 heavy (non-hydrogen) atoms. The summed E-state index contributed by atoms with van der Waals surface area (Å²) in [7, 11) is 0. The average molecular weight is 708 g/mol. The number of benzene rings is 8. The Labute approximate surface area is 323 Å². The van der Waals surface area contributed by atoms with E-state index in [2.05, 4.69) is 241 Å². The zero-order chi connectivity index (χ0) is 37.1. The maximum atomic E-state index is 2.36. The van der Waals surface area contributed by atoms with Crippen molar-refractivity contribution in [3.8, 4) is 16.8 Å². The molecule has 0 amide bonds. The van der Waals surface area contributed by atoms with Crippen LogP contribution in [0, 0.1) is 0 Å². The fraction of sp³-hybridized carbons (Fsp3) is 0.0385. The van der Waals surface area contributed by atoms with E-state index in [0.717, 1.165) is 39.8 Å². The van der Waals surface area contributed by atoms with Gasteiger partial charge in [-0.05, 0) is 115 Å². The minimum absolute atomic E-state index is 1.10. The summed E-state index contributed by atoms with van der Waals surface area (Å²) in [6.45, 7) is 4.18. The van der Waals surface area contributed by atoms with Gasteiger partial charge >= 0.3 is 0 Å². The van der Waals surface area contributed by atoms with Gasteiger partial charge in [-0.15, -0.1) is 0 Å². The normalized spacial score (nSPS) is 11.9. The van der Waals surface area contributed by atoms with Crippen LogP contribution in [0.1, 0.15) is 13.8 Å². The quantitative estimate of drug-likeness (QED) is 0.138. The Morgan fingerprint density at radius 3 is 1.73 bits per heavy atom. The molecule has 0 bridgehead atoms. The molecular weight excluding hydrogens is 667 g/mol. The number of para-hydroxylation sites is 3. The predicted molar refractivity (Wildman–Crippen MR) is 236 cm³/mol. The van der Waals surface area contributed by atoms with Crippen molar-refractivity contribution in [3.05, 3.63) is 218 Å². The van der Waals surface area contributed by atoms with Crippen molar-refractivity contribution in [1.29, 1.82) is 0 Å². The Morgan fingerprint density at radius 2 is 1.02 bits per heavy atom. The number of allylic oxidation sites excluding steroid dienone is 3. The van der Waals surface area contributed by atoms with Crippen LogP contribution in [0.5, 0.6) is 0 Å². The molecule has 3 nitrogen and oxygen atoms in total. The van der Waals surface area contributed by atoms with Crippen LogP contribution < -0.4 is 9.80 Å². The minimum atomic E-state index is 1.10. The van der Waals surface area contributed by atoms with Crippen molar-refractivity contribution in [2.24, 2.45) is 0 Å². The number of aromatic nitrogens is 1. The molecule has 0 aliphatic carbocycles. The number of anilines is 5. The highest BCUT2D eigenvalue weighted by Gasteiger charge is 2.19. The maximum absolute atomic E-state index is 2.36. The monoisotopic (exact) mass is 707 g/mol. The lowest BCUT2D eigenvalue weighted by Crippen LogP contribution is -2.15. The van der Waals surface area contributed by atoms with Crippen LogP contribution >= 0.6 is 0 Å². The fourth-order valence-corrected chi connectivity index (χ4v) is 7.89. The zero-order valence-corrected chi connectivity index (χ0v) is 31.0. The predicted octanol–water partition coefficient (Wildman–Crippen LogP) is 14.7. The van der Waals surface area contributed by atoms with Gasteiger partial charge in [0.15, 0.2) is 0 Å². The van der Waals surface area contributed by atoms with Crippen LogP contribution in [0.15, 0.2) is 218 Å². The number of hydrogen-bond donors (Lipinski definition) is 0. The summed E-state index contributed by atoms with van der Waals surface area (Å²) < 4.78 is 2.36. The van der Waals surface area contributed by atoms with E-state index in [1.54, 1.807) is 0 Å². The first kappa shape index (κ1) is 33.7. The third-order valence-corrected chi connectivity index (χ3v) is 10.4. The molecule has 0 spiro atoms. The summed E-state index contributed by atoms with van der Waals surface area (Å²) in [4.78, 5) is 4.70. The van der Waals surface area contributed by atoms with Crippen LogP contribution in [0.2, 0.25) is 0 Å². The molecule has 0 saturated heterocycles. The van der Waals surface area contributed by atoms with Gasteiger partial charge in [0.05, 0.1) is 16.7 Å². The van der Waals surface area contributed by atoms with Gasteiger partial charge < -0.3 is 14.4 Å². The third kappa shape index (κ3) is 6.26. The second-order valence-electron chi connectivity index (χ2n) is 13.7. The fourth-order valence-electron chi connectivity index (χ4n) is 7.89. The van der Waals surface area contributed by atoms with Crippen molar-refractivity contribution in [1.82, 2.24) is 4.57 Å². The van der Waals surface area contributed by atoms with Gasteiger partial charge in [-0.25, -0.2) is 0 Å². The van der Waals surface area contributed by atoms with E-state index in [1.165, 1.54) is 43.7 Å². The molecule has 9 aromatic rings. The average Bonchev–Trinajstić information content (AvgIpc) is 3.58. The second-order valence-corrected chi connectivity index (χ2v) is 13.7. The summed E-state index contributed by atoms with van der Waals surface area (Å²) in [5.41, 5.74) is 12.6. The van der Waals surface area contributed by atoms with E-state index < -0.39 is 0 Å². The second kappa shape index (κ2) is 14.7. The molecule has 1 heterocycles. The van der Waals surface area contributed by atoms with Crippen molar-refractivity contribution in [2.75, 3.05) is 9.80 Å². The zero-order valence-electron chi connectivity index (χ0n) is 31.0. The molecule has 0 N–H and O–H groups in total. The summed E-state index contributed by atoms with van der Waals surface area (Å²) in [6, 6.07) is 69.8. The number of hydrogen-bond acceptors (Lipinski definition) is 2. The Bertz CT molecular complexity index is 2810. The van der Waals surface area contributed by atoms with E-state index in [1.807, 2.05) is 0 Å². The van der Waals surface area contributed by atoms with Gasteiger partial charge in [-0.2, -0.15) is 0 Å². The van der Waals surface area contributed by atoms with Crippen molar-refractivity contribution < 1.29 is 0 Å². The van der Waals surface area contributed by atoms with Crippen LogP contribution in [-0.4, -0.2) is 4.57 Å². The molecule has 264 valence electrons. The molecule has 3 heteroatoms. The topological polar surface area (TPSA) is 11.4 Å². The molecule has 9 rings (SSSR count). The Hall–Kier alpha value is -7.10. The number of nitrogens with zero attached hydrogens (tertiary/aromatic N) is 3. The Balaban J connectivity index is 1.08. The van der Waals surface area contributed by atoms with Gasteiger partial charge in [-0.1, -0.05) is 127 Å². The first-order valence-electron chi connectivity index (χ1n) is 18.9. The molecule has 0 atom stereocenters. The van der Waals surface area contributed by atoms with Gasteiger partial charge in [-0.3, -0.25) is 0 Å².